The molecule has 25 heavy (non-hydrogen) atoms. The fourth-order valence-corrected chi connectivity index (χ4v) is 1.99. The van der Waals surface area contributed by atoms with Gasteiger partial charge in [-0.25, -0.2) is 0 Å². The Bertz CT molecular complexity index is 695. The van der Waals surface area contributed by atoms with Crippen molar-refractivity contribution in [2.24, 2.45) is 5.73 Å². The van der Waals surface area contributed by atoms with Gasteiger partial charge in [-0.2, -0.15) is 22.0 Å². The Balaban J connectivity index is 0.00000312. The summed E-state index contributed by atoms with van der Waals surface area (Å²) in [5.74, 6) is -5.85. The number of rotatable bonds is 5. The number of nitrogens with two attached hydrogens (primary N) is 1. The van der Waals surface area contributed by atoms with Gasteiger partial charge in [-0.15, -0.1) is 12.4 Å². The topological polar surface area (TPSA) is 55.5 Å². The van der Waals surface area contributed by atoms with Gasteiger partial charge in [0.15, 0.2) is 0 Å². The van der Waals surface area contributed by atoms with Crippen molar-refractivity contribution < 1.29 is 31.8 Å². The Morgan fingerprint density at radius 1 is 1.00 bits per heavy atom. The molecule has 138 valence electrons. The maximum Gasteiger partial charge on any atom is 0.455 e. The molecule has 0 aliphatic carbocycles. The smallest absolute Gasteiger partial charge is 0.455 e. The molecule has 0 unspecified atom stereocenters. The molecule has 9 heteroatoms. The number of ether oxygens (including phenoxy) is 1. The van der Waals surface area contributed by atoms with E-state index in [4.69, 9.17) is 10.5 Å². The molecule has 0 bridgehead atoms. The summed E-state index contributed by atoms with van der Waals surface area (Å²) >= 11 is 0. The van der Waals surface area contributed by atoms with Crippen molar-refractivity contribution in [3.05, 3.63) is 59.7 Å². The minimum Gasteiger partial charge on any atom is -0.507 e. The van der Waals surface area contributed by atoms with Crippen LogP contribution in [0, 0.1) is 0 Å². The summed E-state index contributed by atoms with van der Waals surface area (Å²) in [4.78, 5) is 0. The molecule has 0 fully saturated rings. The van der Waals surface area contributed by atoms with E-state index in [1.807, 2.05) is 6.07 Å². The minimum absolute atomic E-state index is 0. The summed E-state index contributed by atoms with van der Waals surface area (Å²) in [6.45, 7) is 0.143. The molecule has 0 spiro atoms. The predicted molar refractivity (Wildman–Crippen MR) is 84.1 cm³/mol. The molecule has 3 N–H and O–H groups in total. The summed E-state index contributed by atoms with van der Waals surface area (Å²) in [5, 5.41) is 9.73. The molecule has 0 radical (unpaired) electrons. The minimum atomic E-state index is -5.82. The molecule has 2 rings (SSSR count). The van der Waals surface area contributed by atoms with Gasteiger partial charge in [-0.05, 0) is 17.7 Å². The molecule has 0 saturated heterocycles. The van der Waals surface area contributed by atoms with Crippen molar-refractivity contribution in [3.8, 4) is 11.5 Å². The number of aromatic hydroxyl groups is 1. The third kappa shape index (κ3) is 4.73. The third-order valence-corrected chi connectivity index (χ3v) is 3.35. The Hall–Kier alpha value is -2.06. The zero-order valence-electron chi connectivity index (χ0n) is 12.6. The van der Waals surface area contributed by atoms with Gasteiger partial charge >= 0.3 is 12.1 Å². The van der Waals surface area contributed by atoms with Crippen molar-refractivity contribution in [1.29, 1.82) is 0 Å². The van der Waals surface area contributed by atoms with Crippen LogP contribution in [0.5, 0.6) is 11.5 Å². The van der Waals surface area contributed by atoms with E-state index >= 15 is 0 Å². The second-order valence-corrected chi connectivity index (χ2v) is 5.09. The quantitative estimate of drug-likeness (QED) is 0.742. The van der Waals surface area contributed by atoms with Crippen LogP contribution >= 0.6 is 12.4 Å². The van der Waals surface area contributed by atoms with Gasteiger partial charge in [-0.1, -0.05) is 30.3 Å². The van der Waals surface area contributed by atoms with E-state index in [0.717, 1.165) is 17.7 Å². The Labute approximate surface area is 146 Å². The van der Waals surface area contributed by atoms with Crippen LogP contribution in [0.1, 0.15) is 17.2 Å². The summed E-state index contributed by atoms with van der Waals surface area (Å²) in [5.41, 5.74) is 5.11. The van der Waals surface area contributed by atoms with Crippen LogP contribution in [-0.2, 0) is 6.61 Å². The monoisotopic (exact) mass is 383 g/mol. The van der Waals surface area contributed by atoms with E-state index in [-0.39, 0.29) is 24.8 Å². The standard InChI is InChI=1S/C16H14F5NO2.ClH/c17-15(18,16(19,20)21)14(22)12-7-6-11(8-13(12)23)24-9-10-4-2-1-3-5-10;/h1-8,14,23H,9,22H2;1H/t14-;/m0./s1. The lowest BCUT2D eigenvalue weighted by Crippen LogP contribution is -2.45. The van der Waals surface area contributed by atoms with Crippen LogP contribution in [0.15, 0.2) is 48.5 Å². The molecule has 0 aromatic heterocycles. The molecule has 0 saturated carbocycles. The maximum absolute atomic E-state index is 13.3. The van der Waals surface area contributed by atoms with Crippen molar-refractivity contribution in [2.45, 2.75) is 24.7 Å². The normalized spacial score (nSPS) is 13.0. The maximum atomic E-state index is 13.3. The number of halogens is 6. The van der Waals surface area contributed by atoms with E-state index in [1.165, 1.54) is 6.07 Å². The fourth-order valence-electron chi connectivity index (χ4n) is 1.99. The largest absolute Gasteiger partial charge is 0.507 e. The van der Waals surface area contributed by atoms with Crippen molar-refractivity contribution in [2.75, 3.05) is 0 Å². The highest BCUT2D eigenvalue weighted by Crippen LogP contribution is 2.45. The van der Waals surface area contributed by atoms with E-state index in [2.05, 4.69) is 0 Å². The number of phenols is 1. The second-order valence-electron chi connectivity index (χ2n) is 5.09. The summed E-state index contributed by atoms with van der Waals surface area (Å²) in [6, 6.07) is 9.25. The van der Waals surface area contributed by atoms with Crippen LogP contribution in [0.2, 0.25) is 0 Å². The Kier molecular flexibility index (Phi) is 6.61. The van der Waals surface area contributed by atoms with Crippen molar-refractivity contribution in [1.82, 2.24) is 0 Å². The van der Waals surface area contributed by atoms with Crippen LogP contribution in [0.25, 0.3) is 0 Å². The number of alkyl halides is 5. The average molecular weight is 384 g/mol. The van der Waals surface area contributed by atoms with E-state index in [0.29, 0.717) is 0 Å². The van der Waals surface area contributed by atoms with Crippen molar-refractivity contribution in [3.63, 3.8) is 0 Å². The molecule has 0 aliphatic heterocycles. The van der Waals surface area contributed by atoms with Crippen LogP contribution in [0.4, 0.5) is 22.0 Å². The first kappa shape index (κ1) is 21.0. The molecular formula is C16H15ClF5NO2. The van der Waals surface area contributed by atoms with Crippen LogP contribution in [-0.4, -0.2) is 17.2 Å². The van der Waals surface area contributed by atoms with Gasteiger partial charge < -0.3 is 15.6 Å². The zero-order valence-corrected chi connectivity index (χ0v) is 13.5. The second kappa shape index (κ2) is 7.88. The first-order valence-corrected chi connectivity index (χ1v) is 6.82. The van der Waals surface area contributed by atoms with Gasteiger partial charge in [-0.3, -0.25) is 0 Å². The van der Waals surface area contributed by atoms with Gasteiger partial charge in [0.1, 0.15) is 24.1 Å². The molecular weight excluding hydrogens is 369 g/mol. The number of hydrogen-bond donors (Lipinski definition) is 2. The first-order valence-electron chi connectivity index (χ1n) is 6.82. The highest BCUT2D eigenvalue weighted by molar-refractivity contribution is 5.85. The number of benzene rings is 2. The summed E-state index contributed by atoms with van der Waals surface area (Å²) in [7, 11) is 0. The molecule has 0 heterocycles. The van der Waals surface area contributed by atoms with Crippen molar-refractivity contribution >= 4 is 12.4 Å². The van der Waals surface area contributed by atoms with E-state index < -0.39 is 29.5 Å². The molecule has 3 nitrogen and oxygen atoms in total. The van der Waals surface area contributed by atoms with Crippen LogP contribution in [0.3, 0.4) is 0 Å². The SMILES string of the molecule is Cl.N[C@@H](c1ccc(OCc2ccccc2)cc1O)C(F)(F)C(F)(F)F. The van der Waals surface area contributed by atoms with Gasteiger partial charge in [0.05, 0.1) is 0 Å². The molecule has 2 aromatic rings. The Morgan fingerprint density at radius 2 is 1.60 bits per heavy atom. The lowest BCUT2D eigenvalue weighted by atomic mass is 10.00. The van der Waals surface area contributed by atoms with Gasteiger partial charge in [0.2, 0.25) is 0 Å². The fraction of sp³-hybridized carbons (Fsp3) is 0.250. The van der Waals surface area contributed by atoms with E-state index in [1.54, 1.807) is 24.3 Å². The molecule has 0 aliphatic rings. The number of phenolic OH excluding ortho intramolecular Hbond substituents is 1. The van der Waals surface area contributed by atoms with Gasteiger partial charge in [0, 0.05) is 11.6 Å². The highest BCUT2D eigenvalue weighted by atomic mass is 35.5. The van der Waals surface area contributed by atoms with E-state index in [9.17, 15) is 27.1 Å². The molecule has 0 amide bonds. The number of hydrogen-bond acceptors (Lipinski definition) is 3. The predicted octanol–water partition coefficient (Wildman–Crippen LogP) is 4.59. The molecule has 1 atom stereocenters. The molecule has 2 aromatic carbocycles. The van der Waals surface area contributed by atoms with Gasteiger partial charge in [0.25, 0.3) is 0 Å². The first-order chi connectivity index (χ1) is 11.1. The summed E-state index contributed by atoms with van der Waals surface area (Å²) in [6.07, 6.45) is -5.82. The zero-order chi connectivity index (χ0) is 18.0. The average Bonchev–Trinajstić information content (AvgIpc) is 2.52. The Morgan fingerprint density at radius 3 is 2.12 bits per heavy atom. The third-order valence-electron chi connectivity index (χ3n) is 3.35. The lowest BCUT2D eigenvalue weighted by molar-refractivity contribution is -0.291. The lowest BCUT2D eigenvalue weighted by Gasteiger charge is -2.26. The summed E-state index contributed by atoms with van der Waals surface area (Å²) < 4.78 is 68.9. The highest BCUT2D eigenvalue weighted by Gasteiger charge is 2.62. The van der Waals surface area contributed by atoms with Crippen LogP contribution < -0.4 is 10.5 Å².